The number of ether oxygens (including phenoxy) is 1. The van der Waals surface area contributed by atoms with Crippen LogP contribution in [0, 0.1) is 17.5 Å². The molecule has 2 aliphatic rings. The first-order chi connectivity index (χ1) is 27.2. The van der Waals surface area contributed by atoms with E-state index >= 15 is 0 Å². The predicted molar refractivity (Wildman–Crippen MR) is 223 cm³/mol. The lowest BCUT2D eigenvalue weighted by molar-refractivity contribution is 0.00578. The van der Waals surface area contributed by atoms with Crippen LogP contribution in [-0.4, -0.2) is 53.6 Å². The molecule has 6 rings (SSSR count). The van der Waals surface area contributed by atoms with Gasteiger partial charge in [-0.05, 0) is 108 Å². The molecule has 0 aromatic heterocycles. The van der Waals surface area contributed by atoms with Gasteiger partial charge in [0.05, 0.1) is 46.7 Å². The second-order valence-corrected chi connectivity index (χ2v) is 15.2. The Labute approximate surface area is 341 Å². The summed E-state index contributed by atoms with van der Waals surface area (Å²) in [7, 11) is -1.43. The summed E-state index contributed by atoms with van der Waals surface area (Å²) >= 11 is 0. The molecule has 0 saturated carbocycles. The number of anilines is 1. The standard InChI is InChI=1S/C27H28BF2NO4.C13H16BFO4.2C2H6/c1-26(2)27(3,4)35-28(34-26)20-11-13-23(29)22(14-20)25(32)31-21-12-10-19(24(30)15-21)17-33-16-18-8-6-5-7-9-18;1-12(2)13(3,4)19-14(18-12)8-5-6-10(15)9(7-8)11(16)17;2*1-2/h5-15H,16-17H2,1-4H3,(H,31,32);5-7H,1-4H3,(H,16,17);2*1-2H3. The minimum atomic E-state index is -1.31. The minimum absolute atomic E-state index is 0.0830. The quantitative estimate of drug-likeness (QED) is 0.161. The second kappa shape index (κ2) is 20.0. The molecule has 1 amide bonds. The van der Waals surface area contributed by atoms with E-state index in [9.17, 15) is 22.8 Å². The lowest BCUT2D eigenvalue weighted by Crippen LogP contribution is -2.41. The predicted octanol–water partition coefficient (Wildman–Crippen LogP) is 9.11. The number of rotatable bonds is 9. The molecule has 0 unspecified atom stereocenters. The van der Waals surface area contributed by atoms with Crippen molar-refractivity contribution in [2.75, 3.05) is 5.32 Å². The second-order valence-electron chi connectivity index (χ2n) is 15.2. The Morgan fingerprint density at radius 2 is 1.05 bits per heavy atom. The maximum atomic E-state index is 14.6. The smallest absolute Gasteiger partial charge is 0.478 e. The van der Waals surface area contributed by atoms with Gasteiger partial charge in [-0.2, -0.15) is 0 Å². The van der Waals surface area contributed by atoms with Gasteiger partial charge in [-0.1, -0.05) is 76.2 Å². The summed E-state index contributed by atoms with van der Waals surface area (Å²) in [6, 6.07) is 21.8. The van der Waals surface area contributed by atoms with E-state index in [0.29, 0.717) is 23.1 Å². The highest BCUT2D eigenvalue weighted by Crippen LogP contribution is 2.37. The van der Waals surface area contributed by atoms with E-state index in [0.717, 1.165) is 11.6 Å². The fourth-order valence-electron chi connectivity index (χ4n) is 5.47. The molecule has 2 heterocycles. The van der Waals surface area contributed by atoms with Crippen LogP contribution >= 0.6 is 0 Å². The molecular formula is C44H56B2F3NO8. The number of carboxylic acids is 1. The first-order valence-electron chi connectivity index (χ1n) is 19.4. The zero-order valence-corrected chi connectivity index (χ0v) is 35.6. The van der Waals surface area contributed by atoms with Gasteiger partial charge in [-0.15, -0.1) is 0 Å². The van der Waals surface area contributed by atoms with Crippen LogP contribution in [0.1, 0.15) is 115 Å². The summed E-state index contributed by atoms with van der Waals surface area (Å²) in [4.78, 5) is 23.7. The lowest BCUT2D eigenvalue weighted by Gasteiger charge is -2.32. The van der Waals surface area contributed by atoms with Crippen LogP contribution < -0.4 is 16.2 Å². The Morgan fingerprint density at radius 1 is 0.603 bits per heavy atom. The van der Waals surface area contributed by atoms with Gasteiger partial charge >= 0.3 is 20.2 Å². The van der Waals surface area contributed by atoms with Gasteiger partial charge < -0.3 is 33.8 Å². The molecule has 312 valence electrons. The molecular weight excluding hydrogens is 749 g/mol. The number of aromatic carboxylic acids is 1. The first kappa shape index (κ1) is 47.9. The fraction of sp³-hybridized carbons (Fsp3) is 0.409. The first-order valence-corrected chi connectivity index (χ1v) is 19.4. The van der Waals surface area contributed by atoms with Crippen molar-refractivity contribution in [2.45, 2.75) is 119 Å². The van der Waals surface area contributed by atoms with E-state index in [1.165, 1.54) is 42.5 Å². The van der Waals surface area contributed by atoms with Crippen LogP contribution in [0.15, 0.2) is 84.9 Å². The number of amides is 1. The van der Waals surface area contributed by atoms with Crippen molar-refractivity contribution in [2.24, 2.45) is 0 Å². The van der Waals surface area contributed by atoms with Crippen molar-refractivity contribution < 1.29 is 51.2 Å². The van der Waals surface area contributed by atoms with Gasteiger partial charge in [0.25, 0.3) is 5.91 Å². The molecule has 14 heteroatoms. The largest absolute Gasteiger partial charge is 0.494 e. The van der Waals surface area contributed by atoms with E-state index in [-0.39, 0.29) is 23.4 Å². The van der Waals surface area contributed by atoms with Crippen LogP contribution in [0.5, 0.6) is 0 Å². The van der Waals surface area contributed by atoms with Crippen molar-refractivity contribution in [3.8, 4) is 0 Å². The Balaban J connectivity index is 0.000000330. The number of hydrogen-bond donors (Lipinski definition) is 2. The molecule has 2 aliphatic heterocycles. The van der Waals surface area contributed by atoms with E-state index in [2.05, 4.69) is 5.32 Å². The summed E-state index contributed by atoms with van der Waals surface area (Å²) in [5.41, 5.74) is -0.179. The number of carboxylic acid groups (broad SMARTS) is 1. The zero-order chi connectivity index (χ0) is 43.6. The Hall–Kier alpha value is -4.46. The molecule has 0 radical (unpaired) electrons. The summed E-state index contributed by atoms with van der Waals surface area (Å²) in [5, 5.41) is 11.5. The third kappa shape index (κ3) is 11.6. The van der Waals surface area contributed by atoms with Crippen LogP contribution in [0.4, 0.5) is 18.9 Å². The van der Waals surface area contributed by atoms with E-state index < -0.39 is 66.0 Å². The Kier molecular flexibility index (Phi) is 16.5. The maximum Gasteiger partial charge on any atom is 0.494 e. The average molecular weight is 806 g/mol. The minimum Gasteiger partial charge on any atom is -0.478 e. The third-order valence-corrected chi connectivity index (χ3v) is 10.2. The molecule has 2 fully saturated rings. The molecule has 4 aromatic rings. The number of carbonyl (C=O) groups is 2. The highest BCUT2D eigenvalue weighted by molar-refractivity contribution is 6.62. The molecule has 2 saturated heterocycles. The summed E-state index contributed by atoms with van der Waals surface area (Å²) in [6.07, 6.45) is 0. The molecule has 2 N–H and O–H groups in total. The molecule has 0 atom stereocenters. The monoisotopic (exact) mass is 805 g/mol. The number of hydrogen-bond acceptors (Lipinski definition) is 7. The van der Waals surface area contributed by atoms with Gasteiger partial charge in [-0.3, -0.25) is 4.79 Å². The van der Waals surface area contributed by atoms with Crippen LogP contribution in [0.25, 0.3) is 0 Å². The fourth-order valence-corrected chi connectivity index (χ4v) is 5.47. The van der Waals surface area contributed by atoms with Crippen molar-refractivity contribution in [3.63, 3.8) is 0 Å². The number of halogens is 3. The van der Waals surface area contributed by atoms with Crippen molar-refractivity contribution >= 4 is 42.7 Å². The zero-order valence-electron chi connectivity index (χ0n) is 35.6. The normalized spacial score (nSPS) is 16.8. The molecule has 0 spiro atoms. The molecule has 0 bridgehead atoms. The summed E-state index contributed by atoms with van der Waals surface area (Å²) < 4.78 is 71.6. The Morgan fingerprint density at radius 3 is 1.50 bits per heavy atom. The molecule has 0 aliphatic carbocycles. The van der Waals surface area contributed by atoms with Crippen LogP contribution in [0.2, 0.25) is 0 Å². The van der Waals surface area contributed by atoms with E-state index in [1.54, 1.807) is 6.07 Å². The average Bonchev–Trinajstić information content (AvgIpc) is 3.54. The van der Waals surface area contributed by atoms with Gasteiger partial charge in [0.2, 0.25) is 0 Å². The maximum absolute atomic E-state index is 14.6. The topological polar surface area (TPSA) is 113 Å². The molecule has 9 nitrogen and oxygen atoms in total. The lowest BCUT2D eigenvalue weighted by atomic mass is 9.78. The van der Waals surface area contributed by atoms with Crippen LogP contribution in [0.3, 0.4) is 0 Å². The van der Waals surface area contributed by atoms with E-state index in [1.807, 2.05) is 113 Å². The highest BCUT2D eigenvalue weighted by atomic mass is 19.1. The number of carbonyl (C=O) groups excluding carboxylic acids is 1. The van der Waals surface area contributed by atoms with Gasteiger partial charge in [0.15, 0.2) is 0 Å². The van der Waals surface area contributed by atoms with Gasteiger partial charge in [0, 0.05) is 11.3 Å². The van der Waals surface area contributed by atoms with Crippen molar-refractivity contribution in [1.82, 2.24) is 0 Å². The van der Waals surface area contributed by atoms with Gasteiger partial charge in [-0.25, -0.2) is 18.0 Å². The Bertz CT molecular complexity index is 1980. The highest BCUT2D eigenvalue weighted by Gasteiger charge is 2.53. The third-order valence-electron chi connectivity index (χ3n) is 10.2. The summed E-state index contributed by atoms with van der Waals surface area (Å²) in [5.74, 6) is -4.01. The van der Waals surface area contributed by atoms with Crippen molar-refractivity contribution in [1.29, 1.82) is 0 Å². The SMILES string of the molecule is CC.CC.CC1(C)OB(c2ccc(F)c(C(=O)Nc3ccc(COCc4ccccc4)c(F)c3)c2)OC1(C)C.CC1(C)OB(c2ccc(F)c(C(=O)O)c2)OC1(C)C. The number of benzene rings is 4. The van der Waals surface area contributed by atoms with E-state index in [4.69, 9.17) is 28.5 Å². The number of nitrogens with one attached hydrogen (secondary N) is 1. The molecule has 58 heavy (non-hydrogen) atoms. The van der Waals surface area contributed by atoms with Crippen molar-refractivity contribution in [3.05, 3.63) is 125 Å². The summed E-state index contributed by atoms with van der Waals surface area (Å²) in [6.45, 7) is 23.7. The van der Waals surface area contributed by atoms with Crippen LogP contribution in [-0.2, 0) is 36.6 Å². The van der Waals surface area contributed by atoms with Gasteiger partial charge in [0.1, 0.15) is 17.5 Å². The molecule has 4 aromatic carbocycles.